The van der Waals surface area contributed by atoms with Crippen LogP contribution in [0.1, 0.15) is 27.2 Å². The third-order valence-electron chi connectivity index (χ3n) is 3.93. The smallest absolute Gasteiger partial charge is 0.407 e. The number of alkyl carbamates (subject to hydrolysis) is 1. The van der Waals surface area contributed by atoms with Crippen molar-refractivity contribution in [3.8, 4) is 0 Å². The fraction of sp³-hybridized carbons (Fsp3) is 0.625. The number of carboxylic acid groups (broad SMARTS) is 1. The molecule has 1 unspecified atom stereocenters. The van der Waals surface area contributed by atoms with Crippen LogP contribution in [0.4, 0.5) is 4.79 Å². The van der Waals surface area contributed by atoms with Crippen molar-refractivity contribution in [2.45, 2.75) is 55.1 Å². The molecule has 1 saturated heterocycles. The lowest BCUT2D eigenvalue weighted by molar-refractivity contribution is -0.146. The van der Waals surface area contributed by atoms with E-state index in [1.165, 1.54) is 16.7 Å². The second-order valence-electron chi connectivity index (χ2n) is 7.38. The Morgan fingerprint density at radius 1 is 1.45 bits per heavy atom. The molecule has 1 aromatic rings. The lowest BCUT2D eigenvalue weighted by Gasteiger charge is -2.44. The Balaban J connectivity index is 1.52. The Bertz CT molecular complexity index is 836. The second-order valence-corrected chi connectivity index (χ2v) is 9.79. The molecule has 2 atom stereocenters. The fourth-order valence-electron chi connectivity index (χ4n) is 2.72. The monoisotopic (exact) mass is 442 g/mol. The van der Waals surface area contributed by atoms with Gasteiger partial charge in [-0.2, -0.15) is 0 Å². The standard InChI is InChI=1S/C16H22N6O5S2/c1-16(2,3)27-15(26)17-4-5-21-14(18-19-20-21)28-8-9-6-10(13(24)25)22-11(23)7-12(22)29-9/h6,9,12H,4-5,7-8H2,1-3H3,(H,17,26)(H,24,25)/t9?,12-/m1/s1. The number of aliphatic carboxylic acids is 1. The van der Waals surface area contributed by atoms with Gasteiger partial charge in [0, 0.05) is 17.5 Å². The molecule has 3 heterocycles. The summed E-state index contributed by atoms with van der Waals surface area (Å²) in [6.07, 6.45) is 1.44. The van der Waals surface area contributed by atoms with E-state index < -0.39 is 17.7 Å². The van der Waals surface area contributed by atoms with Crippen LogP contribution in [0.5, 0.6) is 0 Å². The number of carboxylic acids is 1. The lowest BCUT2D eigenvalue weighted by atomic mass is 10.1. The van der Waals surface area contributed by atoms with Crippen LogP contribution in [0, 0.1) is 0 Å². The molecule has 0 spiro atoms. The maximum Gasteiger partial charge on any atom is 0.407 e. The zero-order chi connectivity index (χ0) is 21.2. The van der Waals surface area contributed by atoms with Crippen molar-refractivity contribution in [2.24, 2.45) is 0 Å². The van der Waals surface area contributed by atoms with Crippen LogP contribution >= 0.6 is 23.5 Å². The molecule has 13 heteroatoms. The molecular formula is C16H22N6O5S2. The van der Waals surface area contributed by atoms with Crippen LogP contribution in [0.3, 0.4) is 0 Å². The third-order valence-corrected chi connectivity index (χ3v) is 6.56. The van der Waals surface area contributed by atoms with E-state index in [9.17, 15) is 19.5 Å². The van der Waals surface area contributed by atoms with Gasteiger partial charge in [0.2, 0.25) is 11.1 Å². The van der Waals surface area contributed by atoms with Gasteiger partial charge in [0.05, 0.1) is 18.3 Å². The maximum absolute atomic E-state index is 11.7. The second kappa shape index (κ2) is 8.61. The Kier molecular flexibility index (Phi) is 6.36. The van der Waals surface area contributed by atoms with Crippen molar-refractivity contribution in [3.63, 3.8) is 0 Å². The average Bonchev–Trinajstić information content (AvgIpc) is 3.04. The number of rotatable bonds is 7. The van der Waals surface area contributed by atoms with Gasteiger partial charge < -0.3 is 15.2 Å². The first-order chi connectivity index (χ1) is 13.6. The van der Waals surface area contributed by atoms with Gasteiger partial charge in [0.25, 0.3) is 0 Å². The molecule has 1 aromatic heterocycles. The summed E-state index contributed by atoms with van der Waals surface area (Å²) in [5.74, 6) is -0.708. The van der Waals surface area contributed by atoms with E-state index in [1.54, 1.807) is 43.3 Å². The van der Waals surface area contributed by atoms with Crippen molar-refractivity contribution in [1.29, 1.82) is 0 Å². The van der Waals surface area contributed by atoms with Crippen molar-refractivity contribution >= 4 is 41.5 Å². The number of nitrogens with zero attached hydrogens (tertiary/aromatic N) is 5. The number of aromatic nitrogens is 4. The van der Waals surface area contributed by atoms with Crippen LogP contribution in [-0.4, -0.2) is 76.7 Å². The summed E-state index contributed by atoms with van der Waals surface area (Å²) in [7, 11) is 0. The molecule has 11 nitrogen and oxygen atoms in total. The number of hydrogen-bond acceptors (Lipinski definition) is 9. The number of nitrogens with one attached hydrogen (secondary N) is 1. The Morgan fingerprint density at radius 3 is 2.86 bits per heavy atom. The zero-order valence-corrected chi connectivity index (χ0v) is 17.8. The molecule has 0 aromatic carbocycles. The number of hydrogen-bond donors (Lipinski definition) is 2. The lowest BCUT2D eigenvalue weighted by Crippen LogP contribution is -2.54. The fourth-order valence-corrected chi connectivity index (χ4v) is 5.22. The molecular weight excluding hydrogens is 420 g/mol. The minimum Gasteiger partial charge on any atom is -0.477 e. The molecule has 0 bridgehead atoms. The highest BCUT2D eigenvalue weighted by Crippen LogP contribution is 2.41. The number of amides is 2. The first kappa shape index (κ1) is 21.4. The van der Waals surface area contributed by atoms with Gasteiger partial charge in [-0.05, 0) is 37.3 Å². The molecule has 0 aliphatic carbocycles. The van der Waals surface area contributed by atoms with Gasteiger partial charge in [0.1, 0.15) is 11.3 Å². The number of fused-ring (bicyclic) bond motifs is 1. The Hall–Kier alpha value is -2.28. The highest BCUT2D eigenvalue weighted by Gasteiger charge is 2.45. The minimum atomic E-state index is -1.10. The normalized spacial score (nSPS) is 21.1. The number of carbonyl (C=O) groups is 3. The SMILES string of the molecule is CC(C)(C)OC(=O)NCCn1nnnc1SCC1C=C(C(=O)O)N2C(=O)C[C@H]2S1. The summed E-state index contributed by atoms with van der Waals surface area (Å²) < 4.78 is 6.74. The van der Waals surface area contributed by atoms with Crippen molar-refractivity contribution < 1.29 is 24.2 Å². The van der Waals surface area contributed by atoms with Crippen molar-refractivity contribution in [2.75, 3.05) is 12.3 Å². The third kappa shape index (κ3) is 5.41. The average molecular weight is 443 g/mol. The van der Waals surface area contributed by atoms with Crippen LogP contribution < -0.4 is 5.32 Å². The van der Waals surface area contributed by atoms with Crippen molar-refractivity contribution in [1.82, 2.24) is 30.4 Å². The van der Waals surface area contributed by atoms with Crippen LogP contribution in [0.2, 0.25) is 0 Å². The van der Waals surface area contributed by atoms with Crippen LogP contribution in [-0.2, 0) is 20.9 Å². The Labute approximate surface area is 175 Å². The molecule has 0 radical (unpaired) electrons. The summed E-state index contributed by atoms with van der Waals surface area (Å²) in [6, 6.07) is 0. The molecule has 2 N–H and O–H groups in total. The summed E-state index contributed by atoms with van der Waals surface area (Å²) in [4.78, 5) is 36.1. The predicted octanol–water partition coefficient (Wildman–Crippen LogP) is 0.932. The van der Waals surface area contributed by atoms with E-state index >= 15 is 0 Å². The molecule has 2 aliphatic rings. The van der Waals surface area contributed by atoms with Crippen molar-refractivity contribution in [3.05, 3.63) is 11.8 Å². The maximum atomic E-state index is 11.7. The predicted molar refractivity (Wildman–Crippen MR) is 105 cm³/mol. The quantitative estimate of drug-likeness (QED) is 0.463. The van der Waals surface area contributed by atoms with E-state index in [1.807, 2.05) is 0 Å². The Morgan fingerprint density at radius 2 is 2.21 bits per heavy atom. The first-order valence-corrected chi connectivity index (χ1v) is 10.9. The number of carbonyl (C=O) groups excluding carboxylic acids is 2. The summed E-state index contributed by atoms with van der Waals surface area (Å²) in [6.45, 7) is 6.03. The molecule has 1 fully saturated rings. The first-order valence-electron chi connectivity index (χ1n) is 8.92. The van der Waals surface area contributed by atoms with E-state index in [4.69, 9.17) is 4.74 Å². The van der Waals surface area contributed by atoms with E-state index in [0.29, 0.717) is 30.4 Å². The highest BCUT2D eigenvalue weighted by atomic mass is 32.2. The van der Waals surface area contributed by atoms with Gasteiger partial charge in [-0.25, -0.2) is 14.3 Å². The summed E-state index contributed by atoms with van der Waals surface area (Å²) in [5, 5.41) is 23.9. The van der Waals surface area contributed by atoms with E-state index in [2.05, 4.69) is 20.8 Å². The number of ether oxygens (including phenoxy) is 1. The molecule has 3 rings (SSSR count). The van der Waals surface area contributed by atoms with Gasteiger partial charge in [-0.15, -0.1) is 16.9 Å². The zero-order valence-electron chi connectivity index (χ0n) is 16.2. The molecule has 2 aliphatic heterocycles. The van der Waals surface area contributed by atoms with Crippen LogP contribution in [0.25, 0.3) is 0 Å². The number of thioether (sulfide) groups is 2. The number of β-lactam (4-membered cyclic amide) rings is 1. The van der Waals surface area contributed by atoms with E-state index in [0.717, 1.165) is 0 Å². The van der Waals surface area contributed by atoms with E-state index in [-0.39, 0.29) is 22.2 Å². The molecule has 2 amide bonds. The molecule has 29 heavy (non-hydrogen) atoms. The van der Waals surface area contributed by atoms with Crippen LogP contribution in [0.15, 0.2) is 16.9 Å². The van der Waals surface area contributed by atoms with Gasteiger partial charge in [-0.1, -0.05) is 11.8 Å². The number of tetrazole rings is 1. The molecule has 158 valence electrons. The minimum absolute atomic E-state index is 0.0387. The summed E-state index contributed by atoms with van der Waals surface area (Å²) in [5.41, 5.74) is -0.530. The van der Waals surface area contributed by atoms with Gasteiger partial charge in [0.15, 0.2) is 0 Å². The molecule has 0 saturated carbocycles. The largest absolute Gasteiger partial charge is 0.477 e. The van der Waals surface area contributed by atoms with Gasteiger partial charge in [-0.3, -0.25) is 9.69 Å². The van der Waals surface area contributed by atoms with Gasteiger partial charge >= 0.3 is 12.1 Å². The highest BCUT2D eigenvalue weighted by molar-refractivity contribution is 8.03. The summed E-state index contributed by atoms with van der Waals surface area (Å²) >= 11 is 2.95. The topological polar surface area (TPSA) is 140 Å².